The maximum atomic E-state index is 11.9. The molecule has 0 saturated heterocycles. The fourth-order valence-corrected chi connectivity index (χ4v) is 2.22. The van der Waals surface area contributed by atoms with E-state index in [4.69, 9.17) is 11.6 Å². The summed E-state index contributed by atoms with van der Waals surface area (Å²) in [5, 5.41) is 0.780. The predicted molar refractivity (Wildman–Crippen MR) is 80.8 cm³/mol. The zero-order valence-corrected chi connectivity index (χ0v) is 12.9. The Morgan fingerprint density at radius 3 is 2.50 bits per heavy atom. The summed E-state index contributed by atoms with van der Waals surface area (Å²) in [5.74, 6) is 0. The maximum Gasteiger partial charge on any atom is 0.144 e. The van der Waals surface area contributed by atoms with E-state index in [0.29, 0.717) is 0 Å². The van der Waals surface area contributed by atoms with Crippen LogP contribution in [0.2, 0.25) is 5.02 Å². The molecule has 0 amide bonds. The minimum Gasteiger partial charge on any atom is -0.234 e. The number of aryl methyl sites for hydroxylation is 1. The van der Waals surface area contributed by atoms with Crippen LogP contribution in [0, 0.1) is 0 Å². The number of hydrogen-bond acceptors (Lipinski definition) is 1. The number of rotatable bonds is 4. The van der Waals surface area contributed by atoms with E-state index in [1.807, 2.05) is 52.0 Å². The van der Waals surface area contributed by atoms with Crippen LogP contribution < -0.4 is 0 Å². The van der Waals surface area contributed by atoms with Gasteiger partial charge in [0, 0.05) is 10.7 Å². The molecule has 0 radical (unpaired) electrons. The second-order valence-corrected chi connectivity index (χ2v) is 7.59. The zero-order valence-electron chi connectivity index (χ0n) is 11.4. The molecular weight excluding hydrogens is 266 g/mol. The van der Waals surface area contributed by atoms with E-state index in [1.54, 1.807) is 0 Å². The molecule has 0 aromatic heterocycles. The molecule has 0 fully saturated rings. The van der Waals surface area contributed by atoms with Gasteiger partial charge >= 0.3 is 0 Å². The molecule has 100 valence electrons. The molecule has 0 aliphatic rings. The average molecular weight is 286 g/mol. The molecule has 2 nitrogen and oxygen atoms in total. The average Bonchev–Trinajstić information content (AvgIpc) is 2.26. The van der Waals surface area contributed by atoms with Gasteiger partial charge in [0.25, 0.3) is 0 Å². The lowest BCUT2D eigenvalue weighted by Gasteiger charge is -2.14. The molecule has 0 aliphatic carbocycles. The second kappa shape index (κ2) is 6.48. The quantitative estimate of drug-likeness (QED) is 0.763. The van der Waals surface area contributed by atoms with E-state index in [-0.39, 0.29) is 4.75 Å². The van der Waals surface area contributed by atoms with Gasteiger partial charge in [-0.3, -0.25) is 0 Å². The molecule has 18 heavy (non-hydrogen) atoms. The van der Waals surface area contributed by atoms with Gasteiger partial charge in [0.1, 0.15) is 11.0 Å². The lowest BCUT2D eigenvalue weighted by atomic mass is 10.1. The summed E-state index contributed by atoms with van der Waals surface area (Å²) < 4.78 is 15.8. The lowest BCUT2D eigenvalue weighted by Crippen LogP contribution is -2.20. The van der Waals surface area contributed by atoms with E-state index >= 15 is 0 Å². The highest BCUT2D eigenvalue weighted by Gasteiger charge is 2.18. The Balaban J connectivity index is 2.62. The fraction of sp³-hybridized carbons (Fsp3) is 0.500. The standard InChI is InChI=1S/C14H20ClNOS/c1-11(16-18(17)14(2,3)4)9-10-12-7-5-6-8-13(12)15/h5-8H,9-10H2,1-4H3/t18-/m0/s1. The molecule has 0 aliphatic heterocycles. The van der Waals surface area contributed by atoms with Gasteiger partial charge < -0.3 is 0 Å². The van der Waals surface area contributed by atoms with Crippen molar-refractivity contribution in [1.82, 2.24) is 0 Å². The Bertz CT molecular complexity index is 463. The number of hydrogen-bond donors (Lipinski definition) is 0. The number of halogens is 1. The van der Waals surface area contributed by atoms with Crippen molar-refractivity contribution in [3.05, 3.63) is 34.9 Å². The van der Waals surface area contributed by atoms with Crippen molar-refractivity contribution in [3.63, 3.8) is 0 Å². The molecule has 1 aromatic rings. The maximum absolute atomic E-state index is 11.9. The van der Waals surface area contributed by atoms with Crippen LogP contribution in [0.15, 0.2) is 28.7 Å². The van der Waals surface area contributed by atoms with Gasteiger partial charge in [-0.2, -0.15) is 4.40 Å². The largest absolute Gasteiger partial charge is 0.234 e. The molecule has 0 N–H and O–H groups in total. The molecular formula is C14H20ClNOS. The first kappa shape index (κ1) is 15.4. The monoisotopic (exact) mass is 285 g/mol. The van der Waals surface area contributed by atoms with Gasteiger partial charge in [0.05, 0.1) is 4.75 Å². The van der Waals surface area contributed by atoms with E-state index in [0.717, 1.165) is 29.1 Å². The first-order valence-electron chi connectivity index (χ1n) is 6.00. The predicted octanol–water partition coefficient (Wildman–Crippen LogP) is 4.20. The normalized spacial score (nSPS) is 14.6. The summed E-state index contributed by atoms with van der Waals surface area (Å²) in [6.45, 7) is 7.69. The fourth-order valence-electron chi connectivity index (χ4n) is 1.34. The van der Waals surface area contributed by atoms with Crippen LogP contribution in [0.3, 0.4) is 0 Å². The summed E-state index contributed by atoms with van der Waals surface area (Å²) in [6.07, 6.45) is 1.61. The Hall–Kier alpha value is -0.670. The van der Waals surface area contributed by atoms with Crippen LogP contribution in [0.4, 0.5) is 0 Å². The van der Waals surface area contributed by atoms with Crippen molar-refractivity contribution >= 4 is 28.3 Å². The first-order chi connectivity index (χ1) is 8.30. The minimum absolute atomic E-state index is 0.300. The van der Waals surface area contributed by atoms with Crippen molar-refractivity contribution in [2.75, 3.05) is 0 Å². The summed E-state index contributed by atoms with van der Waals surface area (Å²) in [5.41, 5.74) is 2.01. The Kier molecular flexibility index (Phi) is 5.54. The molecule has 1 atom stereocenters. The van der Waals surface area contributed by atoms with E-state index in [1.165, 1.54) is 0 Å². The molecule has 0 spiro atoms. The van der Waals surface area contributed by atoms with E-state index in [2.05, 4.69) is 4.40 Å². The van der Waals surface area contributed by atoms with Gasteiger partial charge in [0.15, 0.2) is 0 Å². The molecule has 0 unspecified atom stereocenters. The second-order valence-electron chi connectivity index (χ2n) is 5.28. The molecule has 0 heterocycles. The van der Waals surface area contributed by atoms with Crippen LogP contribution in [-0.4, -0.2) is 14.7 Å². The van der Waals surface area contributed by atoms with Crippen LogP contribution in [0.5, 0.6) is 0 Å². The first-order valence-corrected chi connectivity index (χ1v) is 7.49. The smallest absolute Gasteiger partial charge is 0.144 e. The van der Waals surface area contributed by atoms with Gasteiger partial charge in [-0.1, -0.05) is 29.8 Å². The van der Waals surface area contributed by atoms with E-state index in [9.17, 15) is 4.21 Å². The van der Waals surface area contributed by atoms with Crippen molar-refractivity contribution in [1.29, 1.82) is 0 Å². The lowest BCUT2D eigenvalue weighted by molar-refractivity contribution is 0.650. The zero-order chi connectivity index (χ0) is 13.8. The van der Waals surface area contributed by atoms with Crippen LogP contribution in [0.25, 0.3) is 0 Å². The van der Waals surface area contributed by atoms with Crippen LogP contribution in [0.1, 0.15) is 39.7 Å². The topological polar surface area (TPSA) is 29.4 Å². The molecule has 0 saturated carbocycles. The molecule has 4 heteroatoms. The molecule has 1 aromatic carbocycles. The highest BCUT2D eigenvalue weighted by atomic mass is 35.5. The summed E-state index contributed by atoms with van der Waals surface area (Å²) in [7, 11) is -1.18. The Morgan fingerprint density at radius 1 is 1.33 bits per heavy atom. The minimum atomic E-state index is -1.18. The Morgan fingerprint density at radius 2 is 1.94 bits per heavy atom. The Labute approximate surface area is 117 Å². The summed E-state index contributed by atoms with van der Waals surface area (Å²) in [6, 6.07) is 7.79. The molecule has 1 rings (SSSR count). The van der Waals surface area contributed by atoms with Gasteiger partial charge in [-0.05, 0) is 52.2 Å². The summed E-state index contributed by atoms with van der Waals surface area (Å²) in [4.78, 5) is 0. The van der Waals surface area contributed by atoms with Crippen molar-refractivity contribution < 1.29 is 4.21 Å². The van der Waals surface area contributed by atoms with Gasteiger partial charge in [0.2, 0.25) is 0 Å². The van der Waals surface area contributed by atoms with Gasteiger partial charge in [-0.25, -0.2) is 4.21 Å². The van der Waals surface area contributed by atoms with Gasteiger partial charge in [-0.15, -0.1) is 0 Å². The highest BCUT2D eigenvalue weighted by Crippen LogP contribution is 2.17. The third-order valence-electron chi connectivity index (χ3n) is 2.48. The molecule has 0 bridgehead atoms. The van der Waals surface area contributed by atoms with Crippen molar-refractivity contribution in [2.45, 2.75) is 45.3 Å². The highest BCUT2D eigenvalue weighted by molar-refractivity contribution is 7.85. The van der Waals surface area contributed by atoms with Crippen LogP contribution in [-0.2, 0) is 17.4 Å². The third-order valence-corrected chi connectivity index (χ3v) is 4.37. The SMILES string of the molecule is CC(CCc1ccccc1Cl)=N[S@@](=O)C(C)(C)C. The van der Waals surface area contributed by atoms with E-state index < -0.39 is 11.0 Å². The summed E-state index contributed by atoms with van der Waals surface area (Å²) >= 11 is 6.09. The van der Waals surface area contributed by atoms with Crippen molar-refractivity contribution in [3.8, 4) is 0 Å². The van der Waals surface area contributed by atoms with Crippen LogP contribution >= 0.6 is 11.6 Å². The van der Waals surface area contributed by atoms with Crippen molar-refractivity contribution in [2.24, 2.45) is 4.40 Å². The third kappa shape index (κ3) is 4.91. The number of benzene rings is 1. The number of nitrogens with zero attached hydrogens (tertiary/aromatic N) is 1.